The molecule has 1 atom stereocenters. The molecule has 1 aromatic carbocycles. The Hall–Kier alpha value is -1.21. The predicted octanol–water partition coefficient (Wildman–Crippen LogP) is 2.58. The summed E-state index contributed by atoms with van der Waals surface area (Å²) >= 11 is -0.203. The van der Waals surface area contributed by atoms with Gasteiger partial charge in [0.15, 0.2) is 0 Å². The van der Waals surface area contributed by atoms with Crippen LogP contribution in [-0.4, -0.2) is 17.5 Å². The summed E-state index contributed by atoms with van der Waals surface area (Å²) in [5.74, 6) is -0.388. The lowest BCUT2D eigenvalue weighted by Crippen LogP contribution is -2.32. The van der Waals surface area contributed by atoms with Gasteiger partial charge in [0, 0.05) is 10.6 Å². The first-order chi connectivity index (χ1) is 7.78. The van der Waals surface area contributed by atoms with Gasteiger partial charge in [0.2, 0.25) is 5.91 Å². The molecule has 0 aromatic heterocycles. The highest BCUT2D eigenvalue weighted by molar-refractivity contribution is 8.00. The fraction of sp³-hybridized carbons (Fsp3) is 0.300. The molecule has 0 aliphatic rings. The summed E-state index contributed by atoms with van der Waals surface area (Å²) in [6, 6.07) is 4.70. The molecule has 0 spiro atoms. The van der Waals surface area contributed by atoms with Crippen molar-refractivity contribution < 1.29 is 18.0 Å². The molecule has 0 saturated heterocycles. The topological polar surface area (TPSA) is 55.1 Å². The highest BCUT2D eigenvalue weighted by Crippen LogP contribution is 2.36. The van der Waals surface area contributed by atoms with E-state index in [-0.39, 0.29) is 22.6 Å². The molecule has 0 unspecified atom stereocenters. The summed E-state index contributed by atoms with van der Waals surface area (Å²) in [7, 11) is 0. The van der Waals surface area contributed by atoms with Crippen LogP contribution in [0.4, 0.5) is 18.9 Å². The largest absolute Gasteiger partial charge is 0.446 e. The third kappa shape index (κ3) is 5.10. The molecule has 0 fully saturated rings. The third-order valence-corrected chi connectivity index (χ3v) is 2.51. The fourth-order valence-electron chi connectivity index (χ4n) is 0.996. The zero-order valence-electron chi connectivity index (χ0n) is 8.91. The van der Waals surface area contributed by atoms with Gasteiger partial charge < -0.3 is 11.1 Å². The van der Waals surface area contributed by atoms with E-state index < -0.39 is 11.6 Å². The van der Waals surface area contributed by atoms with Gasteiger partial charge in [-0.15, -0.1) is 0 Å². The van der Waals surface area contributed by atoms with Crippen molar-refractivity contribution in [3.05, 3.63) is 24.3 Å². The van der Waals surface area contributed by atoms with Crippen molar-refractivity contribution in [1.82, 2.24) is 0 Å². The van der Waals surface area contributed by atoms with Gasteiger partial charge in [0.25, 0.3) is 0 Å². The van der Waals surface area contributed by atoms with Crippen LogP contribution in [0.2, 0.25) is 0 Å². The highest BCUT2D eigenvalue weighted by Gasteiger charge is 2.29. The van der Waals surface area contributed by atoms with E-state index in [4.69, 9.17) is 5.73 Å². The van der Waals surface area contributed by atoms with Gasteiger partial charge >= 0.3 is 5.51 Å². The smallest absolute Gasteiger partial charge is 0.325 e. The van der Waals surface area contributed by atoms with E-state index >= 15 is 0 Å². The van der Waals surface area contributed by atoms with Crippen LogP contribution in [0.3, 0.4) is 0 Å². The number of alkyl halides is 3. The minimum Gasteiger partial charge on any atom is -0.325 e. The molecule has 1 aromatic rings. The van der Waals surface area contributed by atoms with Gasteiger partial charge in [0.05, 0.1) is 6.04 Å². The van der Waals surface area contributed by atoms with Crippen LogP contribution in [0.1, 0.15) is 6.92 Å². The van der Waals surface area contributed by atoms with E-state index in [1.54, 1.807) is 0 Å². The molecule has 17 heavy (non-hydrogen) atoms. The Balaban J connectivity index is 2.65. The fourth-order valence-corrected chi connectivity index (χ4v) is 1.54. The number of rotatable bonds is 3. The van der Waals surface area contributed by atoms with Crippen LogP contribution in [0.25, 0.3) is 0 Å². The first-order valence-electron chi connectivity index (χ1n) is 4.70. The Kier molecular flexibility index (Phi) is 4.41. The van der Waals surface area contributed by atoms with Crippen LogP contribution in [0.5, 0.6) is 0 Å². The number of carbonyl (C=O) groups is 1. The van der Waals surface area contributed by atoms with Gasteiger partial charge in [-0.05, 0) is 43.0 Å². The van der Waals surface area contributed by atoms with Crippen LogP contribution in [-0.2, 0) is 4.79 Å². The van der Waals surface area contributed by atoms with E-state index in [0.717, 1.165) is 0 Å². The maximum Gasteiger partial charge on any atom is 0.446 e. The molecular weight excluding hydrogens is 253 g/mol. The molecule has 0 saturated carbocycles. The van der Waals surface area contributed by atoms with Crippen LogP contribution in [0, 0.1) is 0 Å². The number of anilines is 1. The number of nitrogens with one attached hydrogen (secondary N) is 1. The predicted molar refractivity (Wildman–Crippen MR) is 60.6 cm³/mol. The minimum absolute atomic E-state index is 0.0660. The second-order valence-electron chi connectivity index (χ2n) is 3.35. The maximum absolute atomic E-state index is 12.0. The van der Waals surface area contributed by atoms with Crippen molar-refractivity contribution in [2.75, 3.05) is 5.32 Å². The van der Waals surface area contributed by atoms with Crippen molar-refractivity contribution in [3.63, 3.8) is 0 Å². The molecule has 1 amide bonds. The van der Waals surface area contributed by atoms with Crippen molar-refractivity contribution in [1.29, 1.82) is 0 Å². The summed E-state index contributed by atoms with van der Waals surface area (Å²) in [6.07, 6.45) is 0. The summed E-state index contributed by atoms with van der Waals surface area (Å²) in [5, 5.41) is 2.48. The summed E-state index contributed by atoms with van der Waals surface area (Å²) < 4.78 is 36.1. The summed E-state index contributed by atoms with van der Waals surface area (Å²) in [5.41, 5.74) is 1.44. The molecule has 3 nitrogen and oxygen atoms in total. The summed E-state index contributed by atoms with van der Waals surface area (Å²) in [4.78, 5) is 11.3. The Labute approximate surface area is 101 Å². The SMILES string of the molecule is C[C@@H](N)C(=O)Nc1ccc(SC(F)(F)F)cc1. The number of halogens is 3. The summed E-state index contributed by atoms with van der Waals surface area (Å²) in [6.45, 7) is 1.52. The standard InChI is InChI=1S/C10H11F3N2OS/c1-6(14)9(16)15-7-2-4-8(5-3-7)17-10(11,12)13/h2-6H,14H2,1H3,(H,15,16)/t6-/m1/s1. The molecular formula is C10H11F3N2OS. The Bertz CT molecular complexity index is 390. The number of amides is 1. The molecule has 0 aliphatic heterocycles. The normalized spacial score (nSPS) is 13.2. The van der Waals surface area contributed by atoms with Crippen LogP contribution >= 0.6 is 11.8 Å². The third-order valence-electron chi connectivity index (χ3n) is 1.77. The first kappa shape index (κ1) is 13.9. The van der Waals surface area contributed by atoms with Crippen LogP contribution in [0.15, 0.2) is 29.2 Å². The van der Waals surface area contributed by atoms with Gasteiger partial charge in [-0.1, -0.05) is 0 Å². The van der Waals surface area contributed by atoms with Crippen molar-refractivity contribution in [2.45, 2.75) is 23.4 Å². The average molecular weight is 264 g/mol. The molecule has 0 radical (unpaired) electrons. The number of nitrogens with two attached hydrogens (primary N) is 1. The van der Waals surface area contributed by atoms with E-state index in [0.29, 0.717) is 5.69 Å². The lowest BCUT2D eigenvalue weighted by Gasteiger charge is -2.09. The average Bonchev–Trinajstić information content (AvgIpc) is 2.18. The molecule has 7 heteroatoms. The lowest BCUT2D eigenvalue weighted by atomic mass is 10.3. The first-order valence-corrected chi connectivity index (χ1v) is 5.52. The Morgan fingerprint density at radius 3 is 2.29 bits per heavy atom. The number of hydrogen-bond acceptors (Lipinski definition) is 3. The van der Waals surface area contributed by atoms with E-state index in [9.17, 15) is 18.0 Å². The maximum atomic E-state index is 12.0. The molecule has 0 heterocycles. The van der Waals surface area contributed by atoms with E-state index in [2.05, 4.69) is 5.32 Å². The molecule has 0 aliphatic carbocycles. The minimum atomic E-state index is -4.31. The second kappa shape index (κ2) is 5.42. The van der Waals surface area contributed by atoms with Crippen molar-refractivity contribution >= 4 is 23.4 Å². The zero-order chi connectivity index (χ0) is 13.1. The molecule has 1 rings (SSSR count). The Morgan fingerprint density at radius 2 is 1.88 bits per heavy atom. The molecule has 3 N–H and O–H groups in total. The van der Waals surface area contributed by atoms with E-state index in [1.165, 1.54) is 31.2 Å². The number of benzene rings is 1. The molecule has 94 valence electrons. The van der Waals surface area contributed by atoms with Gasteiger partial charge in [-0.3, -0.25) is 4.79 Å². The zero-order valence-corrected chi connectivity index (χ0v) is 9.73. The monoisotopic (exact) mass is 264 g/mol. The van der Waals surface area contributed by atoms with Crippen LogP contribution < -0.4 is 11.1 Å². The van der Waals surface area contributed by atoms with E-state index in [1.807, 2.05) is 0 Å². The number of thioether (sulfide) groups is 1. The number of hydrogen-bond donors (Lipinski definition) is 2. The van der Waals surface area contributed by atoms with Gasteiger partial charge in [0.1, 0.15) is 0 Å². The quantitative estimate of drug-likeness (QED) is 0.825. The van der Waals surface area contributed by atoms with Gasteiger partial charge in [-0.25, -0.2) is 0 Å². The second-order valence-corrected chi connectivity index (χ2v) is 4.49. The number of carbonyl (C=O) groups excluding carboxylic acids is 1. The lowest BCUT2D eigenvalue weighted by molar-refractivity contribution is -0.117. The van der Waals surface area contributed by atoms with Gasteiger partial charge in [-0.2, -0.15) is 13.2 Å². The van der Waals surface area contributed by atoms with Crippen molar-refractivity contribution in [2.24, 2.45) is 5.73 Å². The molecule has 0 bridgehead atoms. The van der Waals surface area contributed by atoms with Crippen molar-refractivity contribution in [3.8, 4) is 0 Å². The Morgan fingerprint density at radius 1 is 1.35 bits per heavy atom. The highest BCUT2D eigenvalue weighted by atomic mass is 32.2.